The number of anilines is 2. The molecule has 6 heteroatoms. The third-order valence-electron chi connectivity index (χ3n) is 3.05. The number of nitrogens with one attached hydrogen (secondary N) is 3. The molecule has 0 radical (unpaired) electrons. The lowest BCUT2D eigenvalue weighted by atomic mass is 9.95. The van der Waals surface area contributed by atoms with Gasteiger partial charge >= 0.3 is 0 Å². The van der Waals surface area contributed by atoms with Crippen molar-refractivity contribution in [1.29, 1.82) is 0 Å². The Balaban J connectivity index is 3.11. The molecule has 0 bridgehead atoms. The van der Waals surface area contributed by atoms with E-state index in [1.165, 1.54) is 0 Å². The molecule has 118 valence electrons. The van der Waals surface area contributed by atoms with E-state index in [-0.39, 0.29) is 17.9 Å². The highest BCUT2D eigenvalue weighted by molar-refractivity contribution is 5.80. The second-order valence-corrected chi connectivity index (χ2v) is 6.07. The van der Waals surface area contributed by atoms with Crippen LogP contribution in [-0.2, 0) is 10.2 Å². The van der Waals surface area contributed by atoms with Crippen molar-refractivity contribution >= 4 is 17.5 Å². The summed E-state index contributed by atoms with van der Waals surface area (Å²) < 4.78 is 0. The quantitative estimate of drug-likeness (QED) is 0.748. The van der Waals surface area contributed by atoms with Gasteiger partial charge in [-0.1, -0.05) is 27.7 Å². The molecule has 0 aliphatic rings. The standard InChI is InChI=1S/C15H27N5O/c1-7-8-17-12-10(2)13(18-9-11(21)16-6)20-14(19-12)15(3,4)5/h7-9H2,1-6H3,(H,16,21)(H2,17,18,19,20). The van der Waals surface area contributed by atoms with Gasteiger partial charge < -0.3 is 16.0 Å². The smallest absolute Gasteiger partial charge is 0.239 e. The van der Waals surface area contributed by atoms with Crippen LogP contribution in [0.25, 0.3) is 0 Å². The molecule has 0 spiro atoms. The van der Waals surface area contributed by atoms with Crippen molar-refractivity contribution in [2.24, 2.45) is 0 Å². The van der Waals surface area contributed by atoms with E-state index in [2.05, 4.69) is 53.6 Å². The molecule has 0 atom stereocenters. The van der Waals surface area contributed by atoms with Crippen LogP contribution in [0.1, 0.15) is 45.5 Å². The average molecular weight is 293 g/mol. The zero-order valence-electron chi connectivity index (χ0n) is 13.9. The summed E-state index contributed by atoms with van der Waals surface area (Å²) in [6.45, 7) is 11.3. The zero-order valence-corrected chi connectivity index (χ0v) is 13.9. The molecular weight excluding hydrogens is 266 g/mol. The molecule has 0 saturated carbocycles. The van der Waals surface area contributed by atoms with Crippen LogP contribution in [0, 0.1) is 6.92 Å². The second kappa shape index (κ2) is 7.24. The first kappa shape index (κ1) is 17.2. The van der Waals surface area contributed by atoms with E-state index in [9.17, 15) is 4.79 Å². The average Bonchev–Trinajstić information content (AvgIpc) is 2.43. The van der Waals surface area contributed by atoms with Gasteiger partial charge in [-0.25, -0.2) is 9.97 Å². The molecule has 1 amide bonds. The largest absolute Gasteiger partial charge is 0.370 e. The Morgan fingerprint density at radius 3 is 2.19 bits per heavy atom. The Hall–Kier alpha value is -1.85. The monoisotopic (exact) mass is 293 g/mol. The third kappa shape index (κ3) is 4.88. The van der Waals surface area contributed by atoms with Crippen LogP contribution in [0.3, 0.4) is 0 Å². The lowest BCUT2D eigenvalue weighted by Crippen LogP contribution is -2.27. The van der Waals surface area contributed by atoms with E-state index in [0.29, 0.717) is 5.82 Å². The maximum atomic E-state index is 11.4. The van der Waals surface area contributed by atoms with Crippen molar-refractivity contribution in [2.45, 2.75) is 46.5 Å². The predicted octanol–water partition coefficient (Wildman–Crippen LogP) is 2.06. The van der Waals surface area contributed by atoms with Crippen LogP contribution in [0.5, 0.6) is 0 Å². The molecule has 0 aromatic carbocycles. The first-order valence-electron chi connectivity index (χ1n) is 7.37. The molecule has 3 N–H and O–H groups in total. The molecule has 1 aromatic heterocycles. The van der Waals surface area contributed by atoms with Gasteiger partial charge in [0.25, 0.3) is 0 Å². The number of amides is 1. The highest BCUT2D eigenvalue weighted by Crippen LogP contribution is 2.26. The summed E-state index contributed by atoms with van der Waals surface area (Å²) in [7, 11) is 1.62. The maximum Gasteiger partial charge on any atom is 0.239 e. The minimum absolute atomic E-state index is 0.0756. The van der Waals surface area contributed by atoms with E-state index in [0.717, 1.165) is 30.2 Å². The number of aromatic nitrogens is 2. The summed E-state index contributed by atoms with van der Waals surface area (Å²) in [6, 6.07) is 0. The molecule has 21 heavy (non-hydrogen) atoms. The fourth-order valence-corrected chi connectivity index (χ4v) is 1.69. The van der Waals surface area contributed by atoms with Crippen LogP contribution >= 0.6 is 0 Å². The molecule has 1 heterocycles. The number of carbonyl (C=O) groups is 1. The Bertz CT molecular complexity index is 494. The van der Waals surface area contributed by atoms with Gasteiger partial charge in [0.1, 0.15) is 17.5 Å². The van der Waals surface area contributed by atoms with E-state index < -0.39 is 0 Å². The topological polar surface area (TPSA) is 78.9 Å². The van der Waals surface area contributed by atoms with E-state index in [1.807, 2.05) is 6.92 Å². The predicted molar refractivity (Wildman–Crippen MR) is 86.8 cm³/mol. The Labute approximate surface area is 127 Å². The summed E-state index contributed by atoms with van der Waals surface area (Å²) in [5, 5.41) is 9.00. The molecule has 6 nitrogen and oxygen atoms in total. The van der Waals surface area contributed by atoms with Crippen molar-refractivity contribution in [3.8, 4) is 0 Å². The van der Waals surface area contributed by atoms with E-state index in [1.54, 1.807) is 7.05 Å². The molecule has 0 aliphatic carbocycles. The highest BCUT2D eigenvalue weighted by Gasteiger charge is 2.21. The Morgan fingerprint density at radius 1 is 1.14 bits per heavy atom. The Morgan fingerprint density at radius 2 is 1.71 bits per heavy atom. The molecule has 0 unspecified atom stereocenters. The highest BCUT2D eigenvalue weighted by atomic mass is 16.1. The van der Waals surface area contributed by atoms with E-state index in [4.69, 9.17) is 0 Å². The molecule has 0 fully saturated rings. The van der Waals surface area contributed by atoms with Crippen LogP contribution in [0.4, 0.5) is 11.6 Å². The number of carbonyl (C=O) groups excluding carboxylic acids is 1. The number of hydrogen-bond acceptors (Lipinski definition) is 5. The number of rotatable bonds is 6. The fourth-order valence-electron chi connectivity index (χ4n) is 1.69. The van der Waals surface area contributed by atoms with E-state index >= 15 is 0 Å². The fraction of sp³-hybridized carbons (Fsp3) is 0.667. The molecular formula is C15H27N5O. The molecule has 0 saturated heterocycles. The van der Waals surface area contributed by atoms with Gasteiger partial charge in [-0.3, -0.25) is 4.79 Å². The van der Waals surface area contributed by atoms with Crippen LogP contribution in [0.2, 0.25) is 0 Å². The SMILES string of the molecule is CCCNc1nc(C(C)(C)C)nc(NCC(=O)NC)c1C. The molecule has 0 aliphatic heterocycles. The van der Waals surface area contributed by atoms with Gasteiger partial charge in [0.05, 0.1) is 6.54 Å². The van der Waals surface area contributed by atoms with Gasteiger partial charge in [0.15, 0.2) is 0 Å². The summed E-state index contributed by atoms with van der Waals surface area (Å²) >= 11 is 0. The minimum Gasteiger partial charge on any atom is -0.370 e. The first-order chi connectivity index (χ1) is 9.79. The lowest BCUT2D eigenvalue weighted by molar-refractivity contribution is -0.118. The van der Waals surface area contributed by atoms with Crippen molar-refractivity contribution in [3.63, 3.8) is 0 Å². The lowest BCUT2D eigenvalue weighted by Gasteiger charge is -2.21. The van der Waals surface area contributed by atoms with Crippen LogP contribution in [-0.4, -0.2) is 36.0 Å². The minimum atomic E-state index is -0.153. The van der Waals surface area contributed by atoms with Gasteiger partial charge in [0, 0.05) is 24.6 Å². The van der Waals surface area contributed by atoms with Gasteiger partial charge in [-0.05, 0) is 13.3 Å². The van der Waals surface area contributed by atoms with Crippen LogP contribution in [0.15, 0.2) is 0 Å². The number of likely N-dealkylation sites (N-methyl/N-ethyl adjacent to an activating group) is 1. The normalized spacial score (nSPS) is 11.1. The molecule has 1 aromatic rings. The van der Waals surface area contributed by atoms with Crippen molar-refractivity contribution in [3.05, 3.63) is 11.4 Å². The number of hydrogen-bond donors (Lipinski definition) is 3. The summed E-state index contributed by atoms with van der Waals surface area (Å²) in [4.78, 5) is 20.6. The second-order valence-electron chi connectivity index (χ2n) is 6.07. The van der Waals surface area contributed by atoms with Gasteiger partial charge in [-0.2, -0.15) is 0 Å². The summed E-state index contributed by atoms with van der Waals surface area (Å²) in [5.74, 6) is 2.22. The third-order valence-corrected chi connectivity index (χ3v) is 3.05. The van der Waals surface area contributed by atoms with Crippen molar-refractivity contribution < 1.29 is 4.79 Å². The van der Waals surface area contributed by atoms with Crippen LogP contribution < -0.4 is 16.0 Å². The van der Waals surface area contributed by atoms with Crippen molar-refractivity contribution in [1.82, 2.24) is 15.3 Å². The zero-order chi connectivity index (χ0) is 16.0. The maximum absolute atomic E-state index is 11.4. The first-order valence-corrected chi connectivity index (χ1v) is 7.37. The van der Waals surface area contributed by atoms with Gasteiger partial charge in [-0.15, -0.1) is 0 Å². The molecule has 1 rings (SSSR count). The van der Waals surface area contributed by atoms with Gasteiger partial charge in [0.2, 0.25) is 5.91 Å². The summed E-state index contributed by atoms with van der Waals surface area (Å²) in [5.41, 5.74) is 0.778. The summed E-state index contributed by atoms with van der Waals surface area (Å²) in [6.07, 6.45) is 1.02. The van der Waals surface area contributed by atoms with Crippen molar-refractivity contribution in [2.75, 3.05) is 30.8 Å². The number of nitrogens with zero attached hydrogens (tertiary/aromatic N) is 2. The Kier molecular flexibility index (Phi) is 5.93.